The first kappa shape index (κ1) is 10.8. The molecule has 0 amide bonds. The summed E-state index contributed by atoms with van der Waals surface area (Å²) in [6.07, 6.45) is 0. The van der Waals surface area contributed by atoms with Crippen molar-refractivity contribution in [1.29, 1.82) is 0 Å². The minimum Gasteiger partial charge on any atom is -0.329 e. The molecule has 0 aliphatic heterocycles. The molecule has 2 N–H and O–H groups in total. The lowest BCUT2D eigenvalue weighted by Gasteiger charge is -2.06. The Morgan fingerprint density at radius 3 is 3.00 bits per heavy atom. The summed E-state index contributed by atoms with van der Waals surface area (Å²) in [5.74, 6) is 0. The summed E-state index contributed by atoms with van der Waals surface area (Å²) in [6.45, 7) is 2.04. The van der Waals surface area contributed by atoms with Crippen molar-refractivity contribution in [3.05, 3.63) is 32.2 Å². The quantitative estimate of drug-likeness (QED) is 0.823. The van der Waals surface area contributed by atoms with Crippen molar-refractivity contribution in [3.63, 3.8) is 0 Å². The fourth-order valence-electron chi connectivity index (χ4n) is 1.14. The van der Waals surface area contributed by atoms with Crippen LogP contribution in [0.5, 0.6) is 0 Å². The van der Waals surface area contributed by atoms with Crippen LogP contribution in [0.15, 0.2) is 22.7 Å². The van der Waals surface area contributed by atoms with Gasteiger partial charge in [0.05, 0.1) is 5.69 Å². The highest BCUT2D eigenvalue weighted by Gasteiger charge is 2.04. The fraction of sp³-hybridized carbons (Fsp3) is 0.111. The summed E-state index contributed by atoms with van der Waals surface area (Å²) in [4.78, 5) is 0. The summed E-state index contributed by atoms with van der Waals surface area (Å²) >= 11 is 9.89. The zero-order valence-electron chi connectivity index (χ0n) is 7.87. The average Bonchev–Trinajstić information content (AvgIpc) is 2.59. The van der Waals surface area contributed by atoms with Gasteiger partial charge in [0.25, 0.3) is 0 Å². The van der Waals surface area contributed by atoms with Crippen LogP contribution in [0.2, 0.25) is 0 Å². The van der Waals surface area contributed by atoms with Gasteiger partial charge in [0.15, 0.2) is 3.95 Å². The molecule has 0 saturated carbocycles. The molecule has 0 saturated heterocycles. The van der Waals surface area contributed by atoms with Gasteiger partial charge in [-0.2, -0.15) is 0 Å². The van der Waals surface area contributed by atoms with Gasteiger partial charge in [-0.3, -0.25) is 5.10 Å². The normalized spacial score (nSPS) is 10.3. The second kappa shape index (κ2) is 4.42. The summed E-state index contributed by atoms with van der Waals surface area (Å²) in [7, 11) is 0. The van der Waals surface area contributed by atoms with E-state index < -0.39 is 0 Å². The number of aromatic nitrogens is 2. The average molecular weight is 302 g/mol. The highest BCUT2D eigenvalue weighted by atomic mass is 79.9. The molecular weight excluding hydrogens is 294 g/mol. The molecule has 0 radical (unpaired) electrons. The molecule has 15 heavy (non-hydrogen) atoms. The number of aryl methyl sites for hydroxylation is 1. The van der Waals surface area contributed by atoms with E-state index >= 15 is 0 Å². The van der Waals surface area contributed by atoms with E-state index in [1.807, 2.05) is 25.1 Å². The van der Waals surface area contributed by atoms with Crippen molar-refractivity contribution in [2.24, 2.45) is 0 Å². The number of aromatic amines is 1. The summed E-state index contributed by atoms with van der Waals surface area (Å²) in [6, 6.07) is 6.03. The van der Waals surface area contributed by atoms with E-state index in [2.05, 4.69) is 31.4 Å². The number of hydrogen-bond acceptors (Lipinski definition) is 4. The molecule has 0 atom stereocenters. The van der Waals surface area contributed by atoms with Gasteiger partial charge in [0, 0.05) is 4.47 Å². The molecule has 6 heteroatoms. The SMILES string of the molecule is Cc1cccc(Nc2n[nH]c(=S)s2)c1Br. The van der Waals surface area contributed by atoms with Crippen molar-refractivity contribution >= 4 is 50.3 Å². The van der Waals surface area contributed by atoms with E-state index in [9.17, 15) is 0 Å². The van der Waals surface area contributed by atoms with Crippen LogP contribution < -0.4 is 5.32 Å². The van der Waals surface area contributed by atoms with Gasteiger partial charge >= 0.3 is 0 Å². The molecule has 78 valence electrons. The van der Waals surface area contributed by atoms with Crippen molar-refractivity contribution in [3.8, 4) is 0 Å². The Kier molecular flexibility index (Phi) is 3.18. The Labute approximate surface area is 105 Å². The van der Waals surface area contributed by atoms with Gasteiger partial charge in [0.2, 0.25) is 5.13 Å². The molecule has 0 unspecified atom stereocenters. The molecule has 0 fully saturated rings. The Morgan fingerprint density at radius 1 is 1.53 bits per heavy atom. The molecular formula is C9H8BrN3S2. The van der Waals surface area contributed by atoms with E-state index in [-0.39, 0.29) is 0 Å². The predicted octanol–water partition coefficient (Wildman–Crippen LogP) is 4.02. The minimum absolute atomic E-state index is 0.668. The van der Waals surface area contributed by atoms with Crippen LogP contribution in [0.4, 0.5) is 10.8 Å². The first-order chi connectivity index (χ1) is 7.16. The fourth-order valence-corrected chi connectivity index (χ4v) is 2.31. The smallest absolute Gasteiger partial charge is 0.208 e. The summed E-state index contributed by atoms with van der Waals surface area (Å²) < 4.78 is 1.72. The van der Waals surface area contributed by atoms with Crippen molar-refractivity contribution in [2.75, 3.05) is 5.32 Å². The van der Waals surface area contributed by atoms with E-state index in [0.717, 1.165) is 15.3 Å². The highest BCUT2D eigenvalue weighted by molar-refractivity contribution is 9.10. The lowest BCUT2D eigenvalue weighted by Crippen LogP contribution is -1.91. The Hall–Kier alpha value is -0.720. The Balaban J connectivity index is 2.32. The second-order valence-corrected chi connectivity index (χ2v) is 5.44. The van der Waals surface area contributed by atoms with Gasteiger partial charge in [0.1, 0.15) is 0 Å². The number of anilines is 2. The third kappa shape index (κ3) is 2.45. The van der Waals surface area contributed by atoms with Gasteiger partial charge < -0.3 is 5.32 Å². The molecule has 0 spiro atoms. The number of halogens is 1. The predicted molar refractivity (Wildman–Crippen MR) is 69.5 cm³/mol. The Morgan fingerprint density at radius 2 is 2.33 bits per heavy atom. The molecule has 1 aromatic heterocycles. The summed E-state index contributed by atoms with van der Waals surface area (Å²) in [5.41, 5.74) is 2.17. The maximum Gasteiger partial charge on any atom is 0.208 e. The van der Waals surface area contributed by atoms with Crippen molar-refractivity contribution < 1.29 is 0 Å². The standard InChI is InChI=1S/C9H8BrN3S2/c1-5-3-2-4-6(7(5)10)11-8-12-13-9(14)15-8/h2-4H,1H3,(H,11,12)(H,13,14). The van der Waals surface area contributed by atoms with E-state index in [1.54, 1.807) is 0 Å². The molecule has 0 bridgehead atoms. The zero-order chi connectivity index (χ0) is 10.8. The van der Waals surface area contributed by atoms with Crippen LogP contribution in [0, 0.1) is 10.9 Å². The van der Waals surface area contributed by atoms with E-state index in [1.165, 1.54) is 16.9 Å². The minimum atomic E-state index is 0.668. The van der Waals surface area contributed by atoms with Crippen LogP contribution in [0.25, 0.3) is 0 Å². The number of rotatable bonds is 2. The number of nitrogens with zero attached hydrogens (tertiary/aromatic N) is 1. The summed E-state index contributed by atoms with van der Waals surface area (Å²) in [5, 5.41) is 10.7. The molecule has 2 rings (SSSR count). The number of hydrogen-bond donors (Lipinski definition) is 2. The van der Waals surface area contributed by atoms with Gasteiger partial charge in [-0.05, 0) is 46.7 Å². The van der Waals surface area contributed by atoms with Gasteiger partial charge in [-0.15, -0.1) is 5.10 Å². The molecule has 3 nitrogen and oxygen atoms in total. The highest BCUT2D eigenvalue weighted by Crippen LogP contribution is 2.29. The van der Waals surface area contributed by atoms with E-state index in [0.29, 0.717) is 3.95 Å². The number of benzene rings is 1. The van der Waals surface area contributed by atoms with Crippen LogP contribution >= 0.6 is 39.5 Å². The molecule has 1 aromatic carbocycles. The largest absolute Gasteiger partial charge is 0.329 e. The maximum absolute atomic E-state index is 4.96. The van der Waals surface area contributed by atoms with Gasteiger partial charge in [-0.1, -0.05) is 23.5 Å². The van der Waals surface area contributed by atoms with Crippen LogP contribution in [-0.2, 0) is 0 Å². The Bertz CT molecular complexity index is 532. The monoisotopic (exact) mass is 301 g/mol. The number of H-pyrrole nitrogens is 1. The van der Waals surface area contributed by atoms with E-state index in [4.69, 9.17) is 12.2 Å². The maximum atomic E-state index is 4.96. The zero-order valence-corrected chi connectivity index (χ0v) is 11.1. The molecule has 2 aromatic rings. The van der Waals surface area contributed by atoms with Gasteiger partial charge in [-0.25, -0.2) is 0 Å². The molecule has 0 aliphatic carbocycles. The lowest BCUT2D eigenvalue weighted by atomic mass is 10.2. The third-order valence-corrected chi connectivity index (χ3v) is 3.93. The first-order valence-electron chi connectivity index (χ1n) is 4.24. The number of nitrogens with one attached hydrogen (secondary N) is 2. The van der Waals surface area contributed by atoms with Crippen LogP contribution in [0.3, 0.4) is 0 Å². The third-order valence-electron chi connectivity index (χ3n) is 1.87. The lowest BCUT2D eigenvalue weighted by molar-refractivity contribution is 1.08. The van der Waals surface area contributed by atoms with Crippen molar-refractivity contribution in [2.45, 2.75) is 6.92 Å². The van der Waals surface area contributed by atoms with Crippen LogP contribution in [0.1, 0.15) is 5.56 Å². The molecule has 1 heterocycles. The topological polar surface area (TPSA) is 40.7 Å². The molecule has 0 aliphatic rings. The first-order valence-corrected chi connectivity index (χ1v) is 6.26. The van der Waals surface area contributed by atoms with Crippen LogP contribution in [-0.4, -0.2) is 10.2 Å². The second-order valence-electron chi connectivity index (χ2n) is 2.98. The van der Waals surface area contributed by atoms with Crippen molar-refractivity contribution in [1.82, 2.24) is 10.2 Å².